The number of hydrogen-bond donors (Lipinski definition) is 3. The first-order valence-corrected chi connectivity index (χ1v) is 16.1. The second-order valence-electron chi connectivity index (χ2n) is 11.4. The Labute approximate surface area is 280 Å². The fourth-order valence-corrected chi connectivity index (χ4v) is 4.91. The molecule has 4 atom stereocenters. The van der Waals surface area contributed by atoms with Crippen LogP contribution in [0.1, 0.15) is 66.2 Å². The highest BCUT2D eigenvalue weighted by Crippen LogP contribution is 2.23. The fourth-order valence-electron chi connectivity index (χ4n) is 4.91. The van der Waals surface area contributed by atoms with Gasteiger partial charge in [0.05, 0.1) is 55.9 Å². The number of esters is 4. The third-order valence-electron chi connectivity index (χ3n) is 7.74. The zero-order valence-corrected chi connectivity index (χ0v) is 27.4. The summed E-state index contributed by atoms with van der Waals surface area (Å²) in [6, 6.07) is 13.5. The molecule has 3 rings (SSSR count). The van der Waals surface area contributed by atoms with Gasteiger partial charge in [0.2, 0.25) is 0 Å². The van der Waals surface area contributed by atoms with Gasteiger partial charge in [-0.3, -0.25) is 19.2 Å². The summed E-state index contributed by atoms with van der Waals surface area (Å²) in [5.74, 6) is -3.93. The largest absolute Gasteiger partial charge is 0.389 e. The lowest BCUT2D eigenvalue weighted by Crippen LogP contribution is -2.62. The van der Waals surface area contributed by atoms with Crippen molar-refractivity contribution in [3.63, 3.8) is 0 Å². The van der Waals surface area contributed by atoms with Gasteiger partial charge in [-0.25, -0.2) is 9.59 Å². The van der Waals surface area contributed by atoms with Crippen LogP contribution in [0.25, 0.3) is 0 Å². The molecule has 48 heavy (non-hydrogen) atoms. The minimum absolute atomic E-state index is 0.111. The van der Waals surface area contributed by atoms with Crippen LogP contribution in [0.15, 0.2) is 60.7 Å². The predicted molar refractivity (Wildman–Crippen MR) is 174 cm³/mol. The SMILES string of the molecule is CNCCOCCOCCCC(=O)[C@H](CC(=O)OC(=O)c1ccccc1)NC1CCC1N[C@@H](CC(=O)OC(=O)c1ccccc1)C(C)=O. The number of rotatable bonds is 22. The predicted octanol–water partition coefficient (Wildman–Crippen LogP) is 2.17. The average Bonchev–Trinajstić information content (AvgIpc) is 3.07. The first kappa shape index (κ1) is 38.3. The van der Waals surface area contributed by atoms with Crippen LogP contribution in [-0.2, 0) is 38.1 Å². The van der Waals surface area contributed by atoms with Crippen LogP contribution in [0.4, 0.5) is 0 Å². The Balaban J connectivity index is 1.56. The quantitative estimate of drug-likeness (QED) is 0.0948. The molecule has 260 valence electrons. The molecule has 2 aromatic carbocycles. The maximum Gasteiger partial charge on any atom is 0.345 e. The van der Waals surface area contributed by atoms with E-state index in [9.17, 15) is 28.8 Å². The minimum atomic E-state index is -0.968. The van der Waals surface area contributed by atoms with E-state index in [1.165, 1.54) is 31.2 Å². The Morgan fingerprint density at radius 3 is 1.65 bits per heavy atom. The summed E-state index contributed by atoms with van der Waals surface area (Å²) in [6.07, 6.45) is 1.02. The number of Topliss-reactive ketones (excluding diaryl/α,β-unsaturated/α-hetero) is 2. The van der Waals surface area contributed by atoms with Crippen LogP contribution in [0.5, 0.6) is 0 Å². The van der Waals surface area contributed by atoms with Crippen molar-refractivity contribution >= 4 is 35.4 Å². The molecular weight excluding hydrogens is 622 g/mol. The molecule has 0 radical (unpaired) electrons. The van der Waals surface area contributed by atoms with E-state index in [1.54, 1.807) is 36.4 Å². The number of carbonyl (C=O) groups excluding carboxylic acids is 6. The van der Waals surface area contributed by atoms with Crippen molar-refractivity contribution in [2.75, 3.05) is 40.0 Å². The van der Waals surface area contributed by atoms with Gasteiger partial charge >= 0.3 is 23.9 Å². The molecule has 0 heterocycles. The van der Waals surface area contributed by atoms with Gasteiger partial charge in [-0.15, -0.1) is 0 Å². The maximum atomic E-state index is 13.3. The average molecular weight is 668 g/mol. The maximum absolute atomic E-state index is 13.3. The topological polar surface area (TPSA) is 175 Å². The van der Waals surface area contributed by atoms with Crippen molar-refractivity contribution in [1.29, 1.82) is 0 Å². The Kier molecular flexibility index (Phi) is 16.7. The van der Waals surface area contributed by atoms with Crippen molar-refractivity contribution in [3.05, 3.63) is 71.8 Å². The normalized spacial score (nSPS) is 16.6. The zero-order valence-electron chi connectivity index (χ0n) is 27.4. The van der Waals surface area contributed by atoms with Crippen LogP contribution in [0.3, 0.4) is 0 Å². The molecule has 1 saturated carbocycles. The molecule has 0 aliphatic heterocycles. The van der Waals surface area contributed by atoms with E-state index < -0.39 is 36.0 Å². The van der Waals surface area contributed by atoms with E-state index in [0.717, 1.165) is 6.54 Å². The summed E-state index contributed by atoms with van der Waals surface area (Å²) >= 11 is 0. The molecule has 1 fully saturated rings. The van der Waals surface area contributed by atoms with Gasteiger partial charge in [0.25, 0.3) is 0 Å². The van der Waals surface area contributed by atoms with Crippen LogP contribution < -0.4 is 16.0 Å². The van der Waals surface area contributed by atoms with Crippen LogP contribution in [0, 0.1) is 0 Å². The van der Waals surface area contributed by atoms with E-state index in [1.807, 2.05) is 7.05 Å². The van der Waals surface area contributed by atoms with Gasteiger partial charge in [-0.1, -0.05) is 36.4 Å². The first-order valence-electron chi connectivity index (χ1n) is 16.1. The highest BCUT2D eigenvalue weighted by atomic mass is 16.6. The zero-order chi connectivity index (χ0) is 34.7. The highest BCUT2D eigenvalue weighted by Gasteiger charge is 2.37. The Morgan fingerprint density at radius 2 is 1.17 bits per heavy atom. The summed E-state index contributed by atoms with van der Waals surface area (Å²) in [5.41, 5.74) is 0.415. The van der Waals surface area contributed by atoms with Gasteiger partial charge < -0.3 is 34.9 Å². The molecule has 2 unspecified atom stereocenters. The van der Waals surface area contributed by atoms with Crippen LogP contribution in [-0.4, -0.2) is 99.6 Å². The van der Waals surface area contributed by atoms with Crippen molar-refractivity contribution in [1.82, 2.24) is 16.0 Å². The Morgan fingerprint density at radius 1 is 0.688 bits per heavy atom. The van der Waals surface area contributed by atoms with Crippen molar-refractivity contribution in [3.8, 4) is 0 Å². The molecule has 2 aromatic rings. The standard InChI is InChI=1S/C35H45N3O10/c1-24(39)29(22-32(41)47-34(43)25-10-5-3-6-11-25)37-27-15-16-28(27)38-30(23-33(42)48-35(44)26-12-7-4-8-13-26)31(40)14-9-18-45-20-21-46-19-17-36-2/h3-8,10-13,27-30,36-38H,9,14-23H2,1-2H3/t27?,28?,29-,30-/m0/s1. The Bertz CT molecular complexity index is 1350. The molecule has 0 aromatic heterocycles. The fraction of sp³-hybridized carbons (Fsp3) is 0.486. The summed E-state index contributed by atoms with van der Waals surface area (Å²) in [6.45, 7) is 3.76. The number of hydrogen-bond acceptors (Lipinski definition) is 13. The summed E-state index contributed by atoms with van der Waals surface area (Å²) in [7, 11) is 1.83. The summed E-state index contributed by atoms with van der Waals surface area (Å²) in [5, 5.41) is 9.33. The van der Waals surface area contributed by atoms with E-state index in [2.05, 4.69) is 16.0 Å². The monoisotopic (exact) mass is 667 g/mol. The lowest BCUT2D eigenvalue weighted by molar-refractivity contribution is -0.141. The molecule has 0 saturated heterocycles. The smallest absolute Gasteiger partial charge is 0.345 e. The molecule has 0 spiro atoms. The molecule has 13 heteroatoms. The van der Waals surface area contributed by atoms with E-state index in [-0.39, 0.29) is 54.0 Å². The van der Waals surface area contributed by atoms with Gasteiger partial charge in [0, 0.05) is 31.7 Å². The van der Waals surface area contributed by atoms with Crippen molar-refractivity contribution in [2.45, 2.75) is 69.6 Å². The molecule has 0 amide bonds. The summed E-state index contributed by atoms with van der Waals surface area (Å²) in [4.78, 5) is 75.8. The molecule has 3 N–H and O–H groups in total. The highest BCUT2D eigenvalue weighted by molar-refractivity contribution is 5.99. The van der Waals surface area contributed by atoms with Crippen molar-refractivity contribution < 1.29 is 47.7 Å². The second-order valence-corrected chi connectivity index (χ2v) is 11.4. The van der Waals surface area contributed by atoms with E-state index in [4.69, 9.17) is 18.9 Å². The molecule has 0 bridgehead atoms. The number of likely N-dealkylation sites (N-methyl/N-ethyl adjacent to an activating group) is 1. The molecular formula is C35H45N3O10. The van der Waals surface area contributed by atoms with Gasteiger partial charge in [-0.05, 0) is 57.5 Å². The third kappa shape index (κ3) is 13.5. The van der Waals surface area contributed by atoms with Crippen LogP contribution >= 0.6 is 0 Å². The third-order valence-corrected chi connectivity index (χ3v) is 7.74. The minimum Gasteiger partial charge on any atom is -0.389 e. The van der Waals surface area contributed by atoms with Gasteiger partial charge in [0.1, 0.15) is 11.6 Å². The number of benzene rings is 2. The van der Waals surface area contributed by atoms with Crippen LogP contribution in [0.2, 0.25) is 0 Å². The summed E-state index contributed by atoms with van der Waals surface area (Å²) < 4.78 is 20.9. The lowest BCUT2D eigenvalue weighted by atomic mass is 9.84. The second kappa shape index (κ2) is 21.0. The van der Waals surface area contributed by atoms with Gasteiger partial charge in [-0.2, -0.15) is 0 Å². The number of ether oxygens (including phenoxy) is 4. The Hall–Kier alpha value is -4.14. The van der Waals surface area contributed by atoms with E-state index >= 15 is 0 Å². The molecule has 13 nitrogen and oxygen atoms in total. The number of carbonyl (C=O) groups is 6. The molecule has 1 aliphatic rings. The van der Waals surface area contributed by atoms with E-state index in [0.29, 0.717) is 45.7 Å². The van der Waals surface area contributed by atoms with Gasteiger partial charge in [0.15, 0.2) is 0 Å². The first-order chi connectivity index (χ1) is 23.2. The molecule has 1 aliphatic carbocycles. The van der Waals surface area contributed by atoms with Crippen molar-refractivity contribution in [2.24, 2.45) is 0 Å². The lowest BCUT2D eigenvalue weighted by Gasteiger charge is -2.41. The number of nitrogens with one attached hydrogen (secondary N) is 3. The number of ketones is 2.